The maximum absolute atomic E-state index is 13.4. The highest BCUT2D eigenvalue weighted by molar-refractivity contribution is 6.17. The van der Waals surface area contributed by atoms with Gasteiger partial charge in [0.15, 0.2) is 0 Å². The molecule has 2 aromatic rings. The van der Waals surface area contributed by atoms with Crippen LogP contribution < -0.4 is 4.74 Å². The summed E-state index contributed by atoms with van der Waals surface area (Å²) in [5.74, 6) is 0.121. The summed E-state index contributed by atoms with van der Waals surface area (Å²) in [7, 11) is 0. The van der Waals surface area contributed by atoms with Gasteiger partial charge in [-0.2, -0.15) is 4.39 Å². The third-order valence-electron chi connectivity index (χ3n) is 2.67. The average Bonchev–Trinajstić information content (AvgIpc) is 2.45. The lowest BCUT2D eigenvalue weighted by molar-refractivity contribution is -0.387. The Morgan fingerprint density at radius 1 is 1.20 bits per heavy atom. The van der Waals surface area contributed by atoms with Crippen LogP contribution in [0.4, 0.5) is 10.1 Å². The summed E-state index contributed by atoms with van der Waals surface area (Å²) in [6.07, 6.45) is 0. The molecule has 0 aliphatic carbocycles. The van der Waals surface area contributed by atoms with E-state index in [1.165, 1.54) is 6.07 Å². The Labute approximate surface area is 119 Å². The highest BCUT2D eigenvalue weighted by Crippen LogP contribution is 2.20. The minimum atomic E-state index is -0.870. The number of hydrogen-bond acceptors (Lipinski definition) is 3. The number of ether oxygens (including phenoxy) is 1. The molecule has 0 heterocycles. The van der Waals surface area contributed by atoms with Gasteiger partial charge >= 0.3 is 5.69 Å². The summed E-state index contributed by atoms with van der Waals surface area (Å²) >= 11 is 5.71. The molecule has 0 radical (unpaired) electrons. The van der Waals surface area contributed by atoms with Crippen molar-refractivity contribution in [2.45, 2.75) is 12.5 Å². The van der Waals surface area contributed by atoms with Gasteiger partial charge in [-0.1, -0.05) is 12.1 Å². The number of alkyl halides is 1. The monoisotopic (exact) mass is 295 g/mol. The molecule has 0 atom stereocenters. The Hall–Kier alpha value is -2.14. The molecule has 0 fully saturated rings. The van der Waals surface area contributed by atoms with Gasteiger partial charge in [0.05, 0.1) is 4.92 Å². The summed E-state index contributed by atoms with van der Waals surface area (Å²) in [5, 5.41) is 10.5. The zero-order chi connectivity index (χ0) is 14.5. The van der Waals surface area contributed by atoms with E-state index in [1.54, 1.807) is 12.1 Å². The zero-order valence-electron chi connectivity index (χ0n) is 10.4. The molecule has 2 aromatic carbocycles. The molecule has 4 nitrogen and oxygen atoms in total. The van der Waals surface area contributed by atoms with Crippen LogP contribution in [0.2, 0.25) is 0 Å². The summed E-state index contributed by atoms with van der Waals surface area (Å²) in [4.78, 5) is 9.74. The molecule has 2 rings (SSSR count). The maximum atomic E-state index is 13.4. The second-order valence-corrected chi connectivity index (χ2v) is 4.38. The predicted octanol–water partition coefficient (Wildman–Crippen LogP) is 4.05. The van der Waals surface area contributed by atoms with Crippen LogP contribution in [-0.2, 0) is 12.5 Å². The van der Waals surface area contributed by atoms with E-state index in [9.17, 15) is 14.5 Å². The van der Waals surface area contributed by atoms with Crippen LogP contribution in [-0.4, -0.2) is 4.92 Å². The van der Waals surface area contributed by atoms with Crippen LogP contribution in [0.3, 0.4) is 0 Å². The average molecular weight is 296 g/mol. The zero-order valence-corrected chi connectivity index (χ0v) is 11.1. The first-order valence-corrected chi connectivity index (χ1v) is 6.34. The summed E-state index contributed by atoms with van der Waals surface area (Å²) in [6, 6.07) is 10.9. The lowest BCUT2D eigenvalue weighted by Crippen LogP contribution is -1.98. The van der Waals surface area contributed by atoms with Gasteiger partial charge in [-0.3, -0.25) is 10.1 Å². The van der Waals surface area contributed by atoms with Gasteiger partial charge in [0.1, 0.15) is 12.4 Å². The first-order valence-electron chi connectivity index (χ1n) is 5.80. The normalized spacial score (nSPS) is 10.3. The van der Waals surface area contributed by atoms with Gasteiger partial charge in [0.25, 0.3) is 0 Å². The smallest absolute Gasteiger partial charge is 0.304 e. The minimum absolute atomic E-state index is 0.126. The topological polar surface area (TPSA) is 52.4 Å². The molecule has 0 aliphatic rings. The van der Waals surface area contributed by atoms with Crippen LogP contribution in [0, 0.1) is 15.9 Å². The SMILES string of the molecule is O=[N+]([O-])c1ccc(COc2cccc(CCl)c2)cc1F. The van der Waals surface area contributed by atoms with Gasteiger partial charge in [0.2, 0.25) is 5.82 Å². The molecule has 0 saturated carbocycles. The lowest BCUT2D eigenvalue weighted by Gasteiger charge is -2.07. The highest BCUT2D eigenvalue weighted by Gasteiger charge is 2.13. The number of rotatable bonds is 5. The summed E-state index contributed by atoms with van der Waals surface area (Å²) in [5.41, 5.74) is 0.890. The molecule has 0 aliphatic heterocycles. The third-order valence-corrected chi connectivity index (χ3v) is 2.98. The fraction of sp³-hybridized carbons (Fsp3) is 0.143. The van der Waals surface area contributed by atoms with Crippen molar-refractivity contribution in [1.82, 2.24) is 0 Å². The van der Waals surface area contributed by atoms with E-state index in [2.05, 4.69) is 0 Å². The van der Waals surface area contributed by atoms with Gasteiger partial charge in [-0.05, 0) is 35.4 Å². The highest BCUT2D eigenvalue weighted by atomic mass is 35.5. The standard InChI is InChI=1S/C14H11ClFNO3/c15-8-10-2-1-3-12(6-10)20-9-11-4-5-14(17(18)19)13(16)7-11/h1-7H,8-9H2. The second kappa shape index (κ2) is 6.34. The van der Waals surface area contributed by atoms with Crippen molar-refractivity contribution in [2.75, 3.05) is 0 Å². The van der Waals surface area contributed by atoms with Crippen LogP contribution in [0.25, 0.3) is 0 Å². The molecule has 0 bridgehead atoms. The fourth-order valence-electron chi connectivity index (χ4n) is 1.67. The van der Waals surface area contributed by atoms with E-state index in [1.807, 2.05) is 12.1 Å². The lowest BCUT2D eigenvalue weighted by atomic mass is 10.2. The first-order chi connectivity index (χ1) is 9.60. The number of nitro groups is 1. The molecule has 0 aromatic heterocycles. The molecular weight excluding hydrogens is 285 g/mol. The summed E-state index contributed by atoms with van der Waals surface area (Å²) < 4.78 is 18.9. The van der Waals surface area contributed by atoms with Crippen molar-refractivity contribution in [2.24, 2.45) is 0 Å². The van der Waals surface area contributed by atoms with E-state index in [0.29, 0.717) is 17.2 Å². The molecule has 20 heavy (non-hydrogen) atoms. The first kappa shape index (κ1) is 14.3. The number of hydrogen-bond donors (Lipinski definition) is 0. The number of benzene rings is 2. The molecule has 0 amide bonds. The minimum Gasteiger partial charge on any atom is -0.489 e. The van der Waals surface area contributed by atoms with E-state index in [4.69, 9.17) is 16.3 Å². The maximum Gasteiger partial charge on any atom is 0.304 e. The van der Waals surface area contributed by atoms with Crippen LogP contribution in [0.15, 0.2) is 42.5 Å². The van der Waals surface area contributed by atoms with Crippen molar-refractivity contribution in [3.63, 3.8) is 0 Å². The van der Waals surface area contributed by atoms with Crippen LogP contribution >= 0.6 is 11.6 Å². The Morgan fingerprint density at radius 2 is 2.00 bits per heavy atom. The largest absolute Gasteiger partial charge is 0.489 e. The Morgan fingerprint density at radius 3 is 2.65 bits per heavy atom. The molecule has 6 heteroatoms. The van der Waals surface area contributed by atoms with Crippen LogP contribution in [0.5, 0.6) is 5.75 Å². The van der Waals surface area contributed by atoms with Gasteiger partial charge < -0.3 is 4.74 Å². The second-order valence-electron chi connectivity index (χ2n) is 4.11. The van der Waals surface area contributed by atoms with Gasteiger partial charge in [0, 0.05) is 11.9 Å². The number of nitrogens with zero attached hydrogens (tertiary/aromatic N) is 1. The van der Waals surface area contributed by atoms with Crippen molar-refractivity contribution in [3.05, 3.63) is 69.5 Å². The number of halogens is 2. The van der Waals surface area contributed by atoms with E-state index in [-0.39, 0.29) is 6.61 Å². The molecule has 0 spiro atoms. The third kappa shape index (κ3) is 3.45. The van der Waals surface area contributed by atoms with Crippen molar-refractivity contribution < 1.29 is 14.1 Å². The van der Waals surface area contributed by atoms with Crippen molar-refractivity contribution in [1.29, 1.82) is 0 Å². The Balaban J connectivity index is 2.07. The Bertz CT molecular complexity index is 634. The molecule has 0 saturated heterocycles. The van der Waals surface area contributed by atoms with E-state index < -0.39 is 16.4 Å². The Kier molecular flexibility index (Phi) is 4.53. The fourth-order valence-corrected chi connectivity index (χ4v) is 1.84. The molecule has 0 N–H and O–H groups in total. The predicted molar refractivity (Wildman–Crippen MR) is 73.4 cm³/mol. The van der Waals surface area contributed by atoms with E-state index in [0.717, 1.165) is 17.7 Å². The molecular formula is C14H11ClFNO3. The van der Waals surface area contributed by atoms with E-state index >= 15 is 0 Å². The van der Waals surface area contributed by atoms with Crippen molar-refractivity contribution in [3.8, 4) is 5.75 Å². The molecule has 104 valence electrons. The molecule has 0 unspecified atom stereocenters. The van der Waals surface area contributed by atoms with Crippen LogP contribution in [0.1, 0.15) is 11.1 Å². The number of nitro benzene ring substituents is 1. The van der Waals surface area contributed by atoms with Crippen molar-refractivity contribution >= 4 is 17.3 Å². The van der Waals surface area contributed by atoms with Gasteiger partial charge in [-0.25, -0.2) is 0 Å². The summed E-state index contributed by atoms with van der Waals surface area (Å²) in [6.45, 7) is 0.126. The van der Waals surface area contributed by atoms with Gasteiger partial charge in [-0.15, -0.1) is 11.6 Å². The quantitative estimate of drug-likeness (QED) is 0.475.